The van der Waals surface area contributed by atoms with Gasteiger partial charge in [0.05, 0.1) is 28.0 Å². The minimum Gasteiger partial charge on any atom is -0.319 e. The van der Waals surface area contributed by atoms with Crippen molar-refractivity contribution in [1.29, 1.82) is 0 Å². The molecule has 3 nitrogen and oxygen atoms in total. The molecule has 8 heteroatoms. The van der Waals surface area contributed by atoms with Gasteiger partial charge in [-0.1, -0.05) is 17.7 Å². The molecule has 1 amide bonds. The second-order valence-corrected chi connectivity index (χ2v) is 4.38. The van der Waals surface area contributed by atoms with Gasteiger partial charge in [0, 0.05) is 6.20 Å². The number of aromatic nitrogens is 1. The average molecular weight is 319 g/mol. The molecule has 0 atom stereocenters. The minimum atomic E-state index is -4.88. The summed E-state index contributed by atoms with van der Waals surface area (Å²) in [4.78, 5) is 15.6. The van der Waals surface area contributed by atoms with Crippen LogP contribution in [0.3, 0.4) is 0 Å². The van der Waals surface area contributed by atoms with E-state index < -0.39 is 29.0 Å². The van der Waals surface area contributed by atoms with Crippen LogP contribution in [0.15, 0.2) is 36.7 Å². The molecule has 2 aromatic rings. The number of nitrogens with zero attached hydrogens (tertiary/aromatic N) is 1. The zero-order valence-corrected chi connectivity index (χ0v) is 11.0. The predicted molar refractivity (Wildman–Crippen MR) is 68.6 cm³/mol. The van der Waals surface area contributed by atoms with Gasteiger partial charge in [0.25, 0.3) is 5.91 Å². The van der Waals surface area contributed by atoms with Crippen LogP contribution >= 0.6 is 11.6 Å². The number of amides is 1. The van der Waals surface area contributed by atoms with Crippen molar-refractivity contribution in [3.8, 4) is 0 Å². The molecule has 1 aromatic carbocycles. The van der Waals surface area contributed by atoms with Crippen molar-refractivity contribution in [3.05, 3.63) is 58.6 Å². The number of carbonyl (C=O) groups excluding carboxylic acids is 1. The van der Waals surface area contributed by atoms with Crippen LogP contribution in [0.4, 0.5) is 23.2 Å². The predicted octanol–water partition coefficient (Wildman–Crippen LogP) is 4.15. The van der Waals surface area contributed by atoms with Crippen LogP contribution in [-0.2, 0) is 6.18 Å². The molecule has 0 fully saturated rings. The summed E-state index contributed by atoms with van der Waals surface area (Å²) in [6.45, 7) is 0. The SMILES string of the molecule is O=C(Nc1cnccc1Cl)c1cccc(C(F)(F)F)c1F. The number of carbonyl (C=O) groups is 1. The van der Waals surface area contributed by atoms with Crippen LogP contribution in [0.2, 0.25) is 5.02 Å². The Morgan fingerprint density at radius 2 is 1.95 bits per heavy atom. The number of anilines is 1. The van der Waals surface area contributed by atoms with E-state index in [9.17, 15) is 22.4 Å². The highest BCUT2D eigenvalue weighted by atomic mass is 35.5. The van der Waals surface area contributed by atoms with Crippen molar-refractivity contribution in [2.45, 2.75) is 6.18 Å². The lowest BCUT2D eigenvalue weighted by Gasteiger charge is -2.11. The van der Waals surface area contributed by atoms with Gasteiger partial charge in [-0.15, -0.1) is 0 Å². The quantitative estimate of drug-likeness (QED) is 0.845. The van der Waals surface area contributed by atoms with Gasteiger partial charge in [-0.3, -0.25) is 9.78 Å². The lowest BCUT2D eigenvalue weighted by molar-refractivity contribution is -0.140. The maximum atomic E-state index is 13.8. The van der Waals surface area contributed by atoms with E-state index in [0.717, 1.165) is 12.1 Å². The summed E-state index contributed by atoms with van der Waals surface area (Å²) < 4.78 is 51.5. The first-order chi connectivity index (χ1) is 9.80. The van der Waals surface area contributed by atoms with Crippen LogP contribution in [-0.4, -0.2) is 10.9 Å². The molecule has 1 heterocycles. The average Bonchev–Trinajstić information content (AvgIpc) is 2.40. The molecule has 0 aliphatic rings. The summed E-state index contributed by atoms with van der Waals surface area (Å²) in [7, 11) is 0. The number of pyridine rings is 1. The zero-order valence-electron chi connectivity index (χ0n) is 10.2. The monoisotopic (exact) mass is 318 g/mol. The van der Waals surface area contributed by atoms with E-state index in [1.165, 1.54) is 18.5 Å². The molecule has 0 aliphatic carbocycles. The number of alkyl halides is 3. The fourth-order valence-electron chi connectivity index (χ4n) is 1.59. The Kier molecular flexibility index (Phi) is 4.13. The number of halogens is 5. The third-order valence-electron chi connectivity index (χ3n) is 2.56. The maximum absolute atomic E-state index is 13.8. The Hall–Kier alpha value is -2.15. The van der Waals surface area contributed by atoms with Gasteiger partial charge in [-0.25, -0.2) is 4.39 Å². The number of hydrogen-bond donors (Lipinski definition) is 1. The Morgan fingerprint density at radius 1 is 1.24 bits per heavy atom. The number of rotatable bonds is 2. The van der Waals surface area contributed by atoms with Crippen LogP contribution < -0.4 is 5.32 Å². The Labute approximate surface area is 121 Å². The van der Waals surface area contributed by atoms with Crippen LogP contribution in [0.25, 0.3) is 0 Å². The van der Waals surface area contributed by atoms with Crippen LogP contribution in [0.1, 0.15) is 15.9 Å². The summed E-state index contributed by atoms with van der Waals surface area (Å²) in [5.41, 5.74) is -2.17. The number of hydrogen-bond acceptors (Lipinski definition) is 2. The summed E-state index contributed by atoms with van der Waals surface area (Å²) in [6.07, 6.45) is -2.32. The second kappa shape index (κ2) is 5.69. The van der Waals surface area contributed by atoms with E-state index in [1.54, 1.807) is 0 Å². The molecule has 0 saturated carbocycles. The van der Waals surface area contributed by atoms with Crippen molar-refractivity contribution >= 4 is 23.2 Å². The van der Waals surface area contributed by atoms with Gasteiger partial charge in [0.1, 0.15) is 5.82 Å². The summed E-state index contributed by atoms with van der Waals surface area (Å²) in [5, 5.41) is 2.34. The van der Waals surface area contributed by atoms with Gasteiger partial charge in [-0.2, -0.15) is 13.2 Å². The van der Waals surface area contributed by atoms with Gasteiger partial charge in [-0.05, 0) is 18.2 Å². The van der Waals surface area contributed by atoms with E-state index in [1.807, 2.05) is 0 Å². The van der Waals surface area contributed by atoms with Gasteiger partial charge < -0.3 is 5.32 Å². The highest BCUT2D eigenvalue weighted by molar-refractivity contribution is 6.33. The number of benzene rings is 1. The Bertz CT molecular complexity index is 688. The van der Waals surface area contributed by atoms with Crippen LogP contribution in [0, 0.1) is 5.82 Å². The fourth-order valence-corrected chi connectivity index (χ4v) is 1.74. The third kappa shape index (κ3) is 3.30. The van der Waals surface area contributed by atoms with Gasteiger partial charge >= 0.3 is 6.18 Å². The first kappa shape index (κ1) is 15.2. The van der Waals surface area contributed by atoms with Gasteiger partial charge in [0.15, 0.2) is 0 Å². The lowest BCUT2D eigenvalue weighted by atomic mass is 10.1. The van der Waals surface area contributed by atoms with E-state index >= 15 is 0 Å². The summed E-state index contributed by atoms with van der Waals surface area (Å²) >= 11 is 5.77. The molecule has 21 heavy (non-hydrogen) atoms. The normalized spacial score (nSPS) is 11.3. The van der Waals surface area contributed by atoms with E-state index in [4.69, 9.17) is 11.6 Å². The van der Waals surface area contributed by atoms with Crippen molar-refractivity contribution < 1.29 is 22.4 Å². The highest BCUT2D eigenvalue weighted by Gasteiger charge is 2.35. The zero-order chi connectivity index (χ0) is 15.6. The summed E-state index contributed by atoms with van der Waals surface area (Å²) in [5.74, 6) is -2.68. The van der Waals surface area contributed by atoms with Gasteiger partial charge in [0.2, 0.25) is 0 Å². The van der Waals surface area contributed by atoms with Crippen LogP contribution in [0.5, 0.6) is 0 Å². The molecular formula is C13H7ClF4N2O. The lowest BCUT2D eigenvalue weighted by Crippen LogP contribution is -2.17. The molecule has 0 radical (unpaired) electrons. The van der Waals surface area contributed by atoms with Crippen molar-refractivity contribution in [2.24, 2.45) is 0 Å². The second-order valence-electron chi connectivity index (χ2n) is 3.97. The fraction of sp³-hybridized carbons (Fsp3) is 0.0769. The van der Waals surface area contributed by atoms with Crippen molar-refractivity contribution in [1.82, 2.24) is 4.98 Å². The van der Waals surface area contributed by atoms with E-state index in [0.29, 0.717) is 6.07 Å². The Balaban J connectivity index is 2.35. The molecule has 1 N–H and O–H groups in total. The van der Waals surface area contributed by atoms with E-state index in [2.05, 4.69) is 10.3 Å². The van der Waals surface area contributed by atoms with E-state index in [-0.39, 0.29) is 10.7 Å². The molecule has 2 rings (SSSR count). The minimum absolute atomic E-state index is 0.0704. The standard InChI is InChI=1S/C13H7ClF4N2O/c14-9-4-5-19-6-10(9)20-12(21)7-2-1-3-8(11(7)15)13(16,17)18/h1-6H,(H,20,21). The molecule has 0 spiro atoms. The summed E-state index contributed by atoms with van der Waals surface area (Å²) in [6, 6.07) is 3.83. The van der Waals surface area contributed by atoms with Crippen molar-refractivity contribution in [2.75, 3.05) is 5.32 Å². The molecule has 0 unspecified atom stereocenters. The maximum Gasteiger partial charge on any atom is 0.419 e. The molecule has 0 aliphatic heterocycles. The smallest absolute Gasteiger partial charge is 0.319 e. The molecule has 0 saturated heterocycles. The first-order valence-corrected chi connectivity index (χ1v) is 5.95. The highest BCUT2D eigenvalue weighted by Crippen LogP contribution is 2.32. The van der Waals surface area contributed by atoms with Crippen molar-refractivity contribution in [3.63, 3.8) is 0 Å². The molecular weight excluding hydrogens is 312 g/mol. The topological polar surface area (TPSA) is 42.0 Å². The largest absolute Gasteiger partial charge is 0.419 e. The molecule has 1 aromatic heterocycles. The molecule has 110 valence electrons. The first-order valence-electron chi connectivity index (χ1n) is 5.57. The number of nitrogens with one attached hydrogen (secondary N) is 1. The molecule has 0 bridgehead atoms. The Morgan fingerprint density at radius 3 is 2.57 bits per heavy atom. The third-order valence-corrected chi connectivity index (χ3v) is 2.89.